The molecule has 0 amide bonds. The van der Waals surface area contributed by atoms with E-state index in [0.29, 0.717) is 0 Å². The summed E-state index contributed by atoms with van der Waals surface area (Å²) in [5.74, 6) is 0. The maximum atomic E-state index is 9.43. The van der Waals surface area contributed by atoms with Crippen molar-refractivity contribution in [2.75, 3.05) is 39.3 Å². The van der Waals surface area contributed by atoms with Gasteiger partial charge in [-0.2, -0.15) is 5.26 Å². The highest BCUT2D eigenvalue weighted by atomic mass is 15.3. The number of nitrogens with zero attached hydrogens (tertiary/aromatic N) is 4. The second kappa shape index (κ2) is 11.2. The summed E-state index contributed by atoms with van der Waals surface area (Å²) in [6.45, 7) is 18.2. The summed E-state index contributed by atoms with van der Waals surface area (Å²) in [5, 5.41) is 9.43. The predicted octanol–water partition coefficient (Wildman–Crippen LogP) is 5.33. The summed E-state index contributed by atoms with van der Waals surface area (Å²) in [7, 11) is 0. The standard InChI is InChI=1S/C27H38N4/c1-5-13-30(14-6-2)23(4)26-19-24(12-11-22(26)3)21-29-15-17-31(18-16-29)27-10-8-7-9-25(27)20-28/h9-12,19H,4-8,13-18,21H2,1-3H3. The van der Waals surface area contributed by atoms with E-state index in [0.717, 1.165) is 88.5 Å². The summed E-state index contributed by atoms with van der Waals surface area (Å²) in [4.78, 5) is 7.35. The fourth-order valence-electron chi connectivity index (χ4n) is 4.64. The van der Waals surface area contributed by atoms with Gasteiger partial charge in [0.05, 0.1) is 11.3 Å². The molecule has 1 fully saturated rings. The van der Waals surface area contributed by atoms with Gasteiger partial charge in [-0.05, 0) is 49.8 Å². The normalized spacial score (nSPS) is 17.0. The Morgan fingerprint density at radius 2 is 1.74 bits per heavy atom. The number of piperazine rings is 1. The lowest BCUT2D eigenvalue weighted by Gasteiger charge is -2.38. The Kier molecular flexibility index (Phi) is 8.37. The molecule has 0 atom stereocenters. The minimum absolute atomic E-state index is 0.852. The second-order valence-corrected chi connectivity index (χ2v) is 8.74. The van der Waals surface area contributed by atoms with Gasteiger partial charge < -0.3 is 9.80 Å². The summed E-state index contributed by atoms with van der Waals surface area (Å²) >= 11 is 0. The van der Waals surface area contributed by atoms with Crippen LogP contribution in [-0.2, 0) is 6.54 Å². The predicted molar refractivity (Wildman–Crippen MR) is 130 cm³/mol. The highest BCUT2D eigenvalue weighted by Crippen LogP contribution is 2.26. The van der Waals surface area contributed by atoms with E-state index in [9.17, 15) is 5.26 Å². The number of aryl methyl sites for hydroxylation is 1. The van der Waals surface area contributed by atoms with Crippen LogP contribution in [0.15, 0.2) is 48.2 Å². The van der Waals surface area contributed by atoms with Gasteiger partial charge in [-0.3, -0.25) is 4.90 Å². The quantitative estimate of drug-likeness (QED) is 0.542. The van der Waals surface area contributed by atoms with Gasteiger partial charge in [0.25, 0.3) is 0 Å². The van der Waals surface area contributed by atoms with E-state index in [1.165, 1.54) is 16.7 Å². The number of rotatable bonds is 9. The van der Waals surface area contributed by atoms with Gasteiger partial charge in [0, 0.05) is 57.1 Å². The zero-order valence-electron chi connectivity index (χ0n) is 19.7. The molecular weight excluding hydrogens is 380 g/mol. The largest absolute Gasteiger partial charge is 0.372 e. The van der Waals surface area contributed by atoms with Crippen LogP contribution in [0.5, 0.6) is 0 Å². The minimum atomic E-state index is 0.852. The van der Waals surface area contributed by atoms with Gasteiger partial charge in [-0.1, -0.05) is 44.7 Å². The van der Waals surface area contributed by atoms with Crippen LogP contribution in [0.3, 0.4) is 0 Å². The van der Waals surface area contributed by atoms with Crippen LogP contribution in [0, 0.1) is 18.3 Å². The van der Waals surface area contributed by atoms with E-state index in [-0.39, 0.29) is 0 Å². The highest BCUT2D eigenvalue weighted by Gasteiger charge is 2.22. The number of allylic oxidation sites excluding steroid dienone is 3. The molecule has 0 saturated carbocycles. The molecular formula is C27H38N4. The van der Waals surface area contributed by atoms with Crippen LogP contribution in [0.25, 0.3) is 5.70 Å². The van der Waals surface area contributed by atoms with E-state index >= 15 is 0 Å². The average molecular weight is 419 g/mol. The fraction of sp³-hybridized carbons (Fsp3) is 0.519. The molecule has 1 aliphatic carbocycles. The molecule has 0 spiro atoms. The third-order valence-corrected chi connectivity index (χ3v) is 6.35. The van der Waals surface area contributed by atoms with Crippen molar-refractivity contribution >= 4 is 5.70 Å². The molecule has 0 N–H and O–H groups in total. The van der Waals surface area contributed by atoms with Gasteiger partial charge in [-0.25, -0.2) is 0 Å². The molecule has 1 aliphatic heterocycles. The molecule has 3 rings (SSSR count). The maximum Gasteiger partial charge on any atom is 0.101 e. The van der Waals surface area contributed by atoms with Crippen LogP contribution in [0.2, 0.25) is 0 Å². The van der Waals surface area contributed by atoms with Gasteiger partial charge in [0.1, 0.15) is 6.07 Å². The zero-order chi connectivity index (χ0) is 22.2. The summed E-state index contributed by atoms with van der Waals surface area (Å²) in [6, 6.07) is 9.24. The molecule has 1 aromatic carbocycles. The first kappa shape index (κ1) is 23.2. The first-order valence-electron chi connectivity index (χ1n) is 11.9. The van der Waals surface area contributed by atoms with Crippen LogP contribution >= 0.6 is 0 Å². The van der Waals surface area contributed by atoms with Crippen molar-refractivity contribution in [2.24, 2.45) is 0 Å². The van der Waals surface area contributed by atoms with E-state index in [4.69, 9.17) is 0 Å². The lowest BCUT2D eigenvalue weighted by Crippen LogP contribution is -2.45. The van der Waals surface area contributed by atoms with Gasteiger partial charge in [0.2, 0.25) is 0 Å². The van der Waals surface area contributed by atoms with Crippen LogP contribution in [0.4, 0.5) is 0 Å². The number of hydrogen-bond acceptors (Lipinski definition) is 4. The Morgan fingerprint density at radius 1 is 1.06 bits per heavy atom. The maximum absolute atomic E-state index is 9.43. The van der Waals surface area contributed by atoms with Crippen LogP contribution < -0.4 is 0 Å². The Balaban J connectivity index is 1.63. The molecule has 2 aliphatic rings. The second-order valence-electron chi connectivity index (χ2n) is 8.74. The topological polar surface area (TPSA) is 33.5 Å². The molecule has 0 bridgehead atoms. The summed E-state index contributed by atoms with van der Waals surface area (Å²) in [6.07, 6.45) is 8.64. The molecule has 31 heavy (non-hydrogen) atoms. The van der Waals surface area contributed by atoms with Crippen molar-refractivity contribution < 1.29 is 0 Å². The molecule has 4 heteroatoms. The Bertz CT molecular complexity index is 860. The monoisotopic (exact) mass is 418 g/mol. The minimum Gasteiger partial charge on any atom is -0.372 e. The number of hydrogen-bond donors (Lipinski definition) is 0. The molecule has 0 radical (unpaired) electrons. The lowest BCUT2D eigenvalue weighted by atomic mass is 10.0. The average Bonchev–Trinajstić information content (AvgIpc) is 2.80. The van der Waals surface area contributed by atoms with E-state index in [1.54, 1.807) is 0 Å². The van der Waals surface area contributed by atoms with E-state index < -0.39 is 0 Å². The van der Waals surface area contributed by atoms with Gasteiger partial charge in [-0.15, -0.1) is 0 Å². The van der Waals surface area contributed by atoms with Crippen LogP contribution in [-0.4, -0.2) is 54.0 Å². The molecule has 1 heterocycles. The van der Waals surface area contributed by atoms with Crippen molar-refractivity contribution in [3.8, 4) is 6.07 Å². The first-order valence-corrected chi connectivity index (χ1v) is 11.9. The van der Waals surface area contributed by atoms with E-state index in [2.05, 4.69) is 78.5 Å². The van der Waals surface area contributed by atoms with Crippen molar-refractivity contribution in [1.29, 1.82) is 5.26 Å². The molecule has 166 valence electrons. The SMILES string of the molecule is C=C(c1cc(CN2CCN(C3=CCCC=C3C#N)CC2)ccc1C)N(CCC)CCC. The summed E-state index contributed by atoms with van der Waals surface area (Å²) in [5.41, 5.74) is 7.11. The molecule has 1 saturated heterocycles. The van der Waals surface area contributed by atoms with Gasteiger partial charge >= 0.3 is 0 Å². The Morgan fingerprint density at radius 3 is 2.39 bits per heavy atom. The highest BCUT2D eigenvalue weighted by molar-refractivity contribution is 5.65. The first-order chi connectivity index (χ1) is 15.1. The van der Waals surface area contributed by atoms with Crippen molar-refractivity contribution in [2.45, 2.75) is 53.0 Å². The molecule has 0 aromatic heterocycles. The number of benzene rings is 1. The zero-order valence-corrected chi connectivity index (χ0v) is 19.7. The van der Waals surface area contributed by atoms with Crippen LogP contribution in [0.1, 0.15) is 56.2 Å². The third kappa shape index (κ3) is 5.80. The van der Waals surface area contributed by atoms with Crippen molar-refractivity contribution in [1.82, 2.24) is 14.7 Å². The van der Waals surface area contributed by atoms with Crippen molar-refractivity contribution in [3.63, 3.8) is 0 Å². The lowest BCUT2D eigenvalue weighted by molar-refractivity contribution is 0.154. The molecule has 0 unspecified atom stereocenters. The summed E-state index contributed by atoms with van der Waals surface area (Å²) < 4.78 is 0. The van der Waals surface area contributed by atoms with Crippen molar-refractivity contribution in [3.05, 3.63) is 64.9 Å². The third-order valence-electron chi connectivity index (χ3n) is 6.35. The Hall–Kier alpha value is -2.51. The molecule has 1 aromatic rings. The number of nitriles is 1. The van der Waals surface area contributed by atoms with E-state index in [1.807, 2.05) is 0 Å². The smallest absolute Gasteiger partial charge is 0.101 e. The van der Waals surface area contributed by atoms with Gasteiger partial charge in [0.15, 0.2) is 0 Å². The Labute approximate surface area is 189 Å². The molecule has 4 nitrogen and oxygen atoms in total. The fourth-order valence-corrected chi connectivity index (χ4v) is 4.64.